The normalized spacial score (nSPS) is 12.2. The van der Waals surface area contributed by atoms with Gasteiger partial charge in [-0.05, 0) is 52.7 Å². The fourth-order valence-corrected chi connectivity index (χ4v) is 3.71. The molecule has 1 N–H and O–H groups in total. The van der Waals surface area contributed by atoms with E-state index in [1.807, 2.05) is 30.3 Å². The number of nitrogens with one attached hydrogen (secondary N) is 1. The highest BCUT2D eigenvalue weighted by atomic mass is 79.9. The molecule has 0 saturated carbocycles. The van der Waals surface area contributed by atoms with Crippen LogP contribution in [0.25, 0.3) is 0 Å². The van der Waals surface area contributed by atoms with Gasteiger partial charge in [-0.3, -0.25) is 0 Å². The molecule has 1 unspecified atom stereocenters. The van der Waals surface area contributed by atoms with Crippen molar-refractivity contribution in [2.45, 2.75) is 19.5 Å². The Bertz CT molecular complexity index is 616. The zero-order valence-electron chi connectivity index (χ0n) is 11.8. The second kappa shape index (κ2) is 7.63. The van der Waals surface area contributed by atoms with Crippen molar-refractivity contribution in [1.29, 1.82) is 0 Å². The van der Waals surface area contributed by atoms with E-state index >= 15 is 0 Å². The quantitative estimate of drug-likeness (QED) is 0.651. The predicted molar refractivity (Wildman–Crippen MR) is 95.1 cm³/mol. The highest BCUT2D eigenvalue weighted by Gasteiger charge is 2.11. The van der Waals surface area contributed by atoms with Crippen LogP contribution in [0.2, 0.25) is 5.02 Å². The first-order valence-electron chi connectivity index (χ1n) is 6.52. The molecular formula is C16H16Br2ClNO. The Kier molecular flexibility index (Phi) is 6.11. The first kappa shape index (κ1) is 16.8. The van der Waals surface area contributed by atoms with Crippen LogP contribution in [-0.4, -0.2) is 7.11 Å². The highest BCUT2D eigenvalue weighted by molar-refractivity contribution is 9.11. The molecule has 2 aromatic rings. The number of methoxy groups -OCH3 is 1. The van der Waals surface area contributed by atoms with Crippen LogP contribution in [0.3, 0.4) is 0 Å². The molecule has 21 heavy (non-hydrogen) atoms. The van der Waals surface area contributed by atoms with Gasteiger partial charge in [0.05, 0.1) is 11.6 Å². The van der Waals surface area contributed by atoms with E-state index < -0.39 is 0 Å². The van der Waals surface area contributed by atoms with E-state index in [9.17, 15) is 0 Å². The lowest BCUT2D eigenvalue weighted by atomic mass is 10.1. The highest BCUT2D eigenvalue weighted by Crippen LogP contribution is 2.33. The van der Waals surface area contributed by atoms with E-state index in [1.54, 1.807) is 7.11 Å². The van der Waals surface area contributed by atoms with Gasteiger partial charge in [0.15, 0.2) is 0 Å². The van der Waals surface area contributed by atoms with Gasteiger partial charge in [0.2, 0.25) is 0 Å². The third kappa shape index (κ3) is 4.46. The molecule has 0 bridgehead atoms. The number of rotatable bonds is 5. The van der Waals surface area contributed by atoms with Gasteiger partial charge in [0.1, 0.15) is 5.75 Å². The lowest BCUT2D eigenvalue weighted by Gasteiger charge is -2.17. The Hall–Kier alpha value is -0.550. The number of hydrogen-bond acceptors (Lipinski definition) is 2. The number of ether oxygens (including phenoxy) is 1. The van der Waals surface area contributed by atoms with Gasteiger partial charge in [-0.2, -0.15) is 0 Å². The predicted octanol–water partition coefficient (Wildman–Crippen LogP) is 5.72. The first-order valence-corrected chi connectivity index (χ1v) is 8.48. The number of halogens is 3. The summed E-state index contributed by atoms with van der Waals surface area (Å²) in [7, 11) is 1.68. The third-order valence-corrected chi connectivity index (χ3v) is 4.56. The summed E-state index contributed by atoms with van der Waals surface area (Å²) < 4.78 is 7.42. The Morgan fingerprint density at radius 2 is 1.86 bits per heavy atom. The monoisotopic (exact) mass is 431 g/mol. The Morgan fingerprint density at radius 1 is 1.19 bits per heavy atom. The molecule has 2 aromatic carbocycles. The molecule has 0 aliphatic carbocycles. The van der Waals surface area contributed by atoms with Crippen molar-refractivity contribution in [3.05, 3.63) is 61.5 Å². The molecule has 0 heterocycles. The zero-order valence-corrected chi connectivity index (χ0v) is 15.7. The van der Waals surface area contributed by atoms with Crippen molar-refractivity contribution in [1.82, 2.24) is 5.32 Å². The second-order valence-corrected chi connectivity index (χ2v) is 6.94. The lowest BCUT2D eigenvalue weighted by molar-refractivity contribution is 0.403. The summed E-state index contributed by atoms with van der Waals surface area (Å²) in [5, 5.41) is 4.25. The summed E-state index contributed by atoms with van der Waals surface area (Å²) in [5.41, 5.74) is 2.30. The third-order valence-electron chi connectivity index (χ3n) is 3.26. The van der Waals surface area contributed by atoms with Gasteiger partial charge in [-0.15, -0.1) is 0 Å². The zero-order chi connectivity index (χ0) is 15.4. The van der Waals surface area contributed by atoms with Gasteiger partial charge in [0.25, 0.3) is 0 Å². The molecule has 1 atom stereocenters. The van der Waals surface area contributed by atoms with Crippen molar-refractivity contribution in [3.8, 4) is 5.75 Å². The first-order chi connectivity index (χ1) is 10.0. The average Bonchev–Trinajstić information content (AvgIpc) is 2.45. The van der Waals surface area contributed by atoms with Gasteiger partial charge in [0, 0.05) is 27.6 Å². The van der Waals surface area contributed by atoms with Gasteiger partial charge >= 0.3 is 0 Å². The Balaban J connectivity index is 2.10. The Labute approximate surface area is 147 Å². The maximum absolute atomic E-state index is 5.92. The van der Waals surface area contributed by atoms with E-state index in [-0.39, 0.29) is 6.04 Å². The molecule has 0 aromatic heterocycles. The summed E-state index contributed by atoms with van der Waals surface area (Å²) in [4.78, 5) is 0. The molecule has 0 fully saturated rings. The molecule has 0 spiro atoms. The summed E-state index contributed by atoms with van der Waals surface area (Å²) in [6.45, 7) is 2.84. The van der Waals surface area contributed by atoms with Crippen molar-refractivity contribution in [3.63, 3.8) is 0 Å². The van der Waals surface area contributed by atoms with Crippen LogP contribution in [0.1, 0.15) is 24.1 Å². The number of benzene rings is 2. The van der Waals surface area contributed by atoms with Crippen molar-refractivity contribution in [2.24, 2.45) is 0 Å². The fourth-order valence-electron chi connectivity index (χ4n) is 2.11. The fraction of sp³-hybridized carbons (Fsp3) is 0.250. The molecule has 5 heteroatoms. The molecule has 0 amide bonds. The smallest absolute Gasteiger partial charge is 0.137 e. The van der Waals surface area contributed by atoms with Crippen molar-refractivity contribution in [2.75, 3.05) is 7.11 Å². The maximum atomic E-state index is 5.92. The van der Waals surface area contributed by atoms with Crippen molar-refractivity contribution >= 4 is 43.5 Å². The number of hydrogen-bond donors (Lipinski definition) is 1. The minimum Gasteiger partial charge on any atom is -0.495 e. The minimum absolute atomic E-state index is 0.227. The van der Waals surface area contributed by atoms with Crippen LogP contribution in [0, 0.1) is 0 Å². The molecule has 2 nitrogen and oxygen atoms in total. The minimum atomic E-state index is 0.227. The largest absolute Gasteiger partial charge is 0.495 e. The summed E-state index contributed by atoms with van der Waals surface area (Å²) in [6.07, 6.45) is 0. The molecule has 0 saturated heterocycles. The van der Waals surface area contributed by atoms with Gasteiger partial charge in [-0.1, -0.05) is 39.7 Å². The van der Waals surface area contributed by atoms with Gasteiger partial charge < -0.3 is 10.1 Å². The maximum Gasteiger partial charge on any atom is 0.137 e. The van der Waals surface area contributed by atoms with E-state index in [0.29, 0.717) is 6.54 Å². The Morgan fingerprint density at radius 3 is 2.48 bits per heavy atom. The average molecular weight is 434 g/mol. The van der Waals surface area contributed by atoms with Crippen LogP contribution in [0.5, 0.6) is 5.75 Å². The van der Waals surface area contributed by atoms with Crippen LogP contribution in [-0.2, 0) is 6.54 Å². The standard InChI is InChI=1S/C16H16Br2ClNO/c1-10(11-3-5-14(19)6-4-11)20-9-12-7-13(17)8-15(18)16(12)21-2/h3-8,10,20H,9H2,1-2H3. The van der Waals surface area contributed by atoms with Crippen LogP contribution in [0.4, 0.5) is 0 Å². The van der Waals surface area contributed by atoms with Crippen LogP contribution >= 0.6 is 43.5 Å². The van der Waals surface area contributed by atoms with E-state index in [2.05, 4.69) is 50.2 Å². The second-order valence-electron chi connectivity index (χ2n) is 4.73. The van der Waals surface area contributed by atoms with Crippen LogP contribution in [0.15, 0.2) is 45.3 Å². The van der Waals surface area contributed by atoms with E-state index in [0.717, 1.165) is 25.3 Å². The molecule has 0 aliphatic rings. The lowest BCUT2D eigenvalue weighted by Crippen LogP contribution is -2.18. The van der Waals surface area contributed by atoms with Crippen LogP contribution < -0.4 is 10.1 Å². The molecule has 0 radical (unpaired) electrons. The SMILES string of the molecule is COc1c(Br)cc(Br)cc1CNC(C)c1ccc(Cl)cc1. The topological polar surface area (TPSA) is 21.3 Å². The van der Waals surface area contributed by atoms with Gasteiger partial charge in [-0.25, -0.2) is 0 Å². The molecule has 112 valence electrons. The summed E-state index contributed by atoms with van der Waals surface area (Å²) in [5.74, 6) is 0.856. The molecule has 2 rings (SSSR count). The van der Waals surface area contributed by atoms with E-state index in [4.69, 9.17) is 16.3 Å². The van der Waals surface area contributed by atoms with Crippen molar-refractivity contribution < 1.29 is 4.74 Å². The van der Waals surface area contributed by atoms with E-state index in [1.165, 1.54) is 5.56 Å². The molecular weight excluding hydrogens is 417 g/mol. The molecule has 0 aliphatic heterocycles. The summed E-state index contributed by atoms with van der Waals surface area (Å²) >= 11 is 12.9. The summed E-state index contributed by atoms with van der Waals surface area (Å²) in [6, 6.07) is 12.2.